The molecule has 0 spiro atoms. The largest absolute Gasteiger partial charge is 0.309 e. The molecular weight excluding hydrogens is 526 g/mol. The lowest BCUT2D eigenvalue weighted by atomic mass is 10.2. The number of benzene rings is 5. The first-order chi connectivity index (χ1) is 20.1. The monoisotopic (exact) mass is 549 g/mol. The van der Waals surface area contributed by atoms with Gasteiger partial charge in [-0.05, 0) is 36.4 Å². The van der Waals surface area contributed by atoms with Crippen molar-refractivity contribution in [2.24, 2.45) is 0 Å². The van der Waals surface area contributed by atoms with Crippen molar-refractivity contribution in [3.05, 3.63) is 140 Å². The Morgan fingerprint density at radius 3 is 1.37 bits per heavy atom. The average Bonchev–Trinajstić information content (AvgIpc) is 3.54. The summed E-state index contributed by atoms with van der Waals surface area (Å²) in [5.41, 5.74) is 4.64. The molecule has 196 valence electrons. The molecule has 0 saturated carbocycles. The first-order valence-electron chi connectivity index (χ1n) is 13.4. The zero-order valence-electron chi connectivity index (χ0n) is 21.8. The summed E-state index contributed by atoms with van der Waals surface area (Å²) < 4.78 is 32.3. The fourth-order valence-corrected chi connectivity index (χ4v) is 7.20. The number of hydrogen-bond donors (Lipinski definition) is 0. The number of aromatic nitrogens is 3. The van der Waals surface area contributed by atoms with E-state index in [4.69, 9.17) is 4.98 Å². The lowest BCUT2D eigenvalue weighted by Gasteiger charge is -2.15. The van der Waals surface area contributed by atoms with Gasteiger partial charge in [-0.15, -0.1) is 0 Å². The summed E-state index contributed by atoms with van der Waals surface area (Å²) in [4.78, 5) is 5.06. The van der Waals surface area contributed by atoms with E-state index in [9.17, 15) is 8.42 Å². The van der Waals surface area contributed by atoms with Crippen molar-refractivity contribution < 1.29 is 8.42 Å². The average molecular weight is 550 g/mol. The number of hydrogen-bond acceptors (Lipinski definition) is 3. The summed E-state index contributed by atoms with van der Waals surface area (Å²) in [6.45, 7) is 0. The Morgan fingerprint density at radius 2 is 0.878 bits per heavy atom. The van der Waals surface area contributed by atoms with E-state index in [2.05, 4.69) is 57.7 Å². The van der Waals surface area contributed by atoms with Gasteiger partial charge < -0.3 is 4.57 Å². The Morgan fingerprint density at radius 1 is 0.463 bits per heavy atom. The van der Waals surface area contributed by atoms with Gasteiger partial charge in [-0.3, -0.25) is 4.57 Å². The Kier molecular flexibility index (Phi) is 5.14. The van der Waals surface area contributed by atoms with Crippen LogP contribution in [-0.4, -0.2) is 22.5 Å². The number of nitrogens with zero attached hydrogens (tertiary/aromatic N) is 3. The molecule has 3 heterocycles. The van der Waals surface area contributed by atoms with Gasteiger partial charge in [0.2, 0.25) is 9.84 Å². The van der Waals surface area contributed by atoms with Crippen LogP contribution in [0.5, 0.6) is 0 Å². The highest BCUT2D eigenvalue weighted by Gasteiger charge is 2.24. The third kappa shape index (κ3) is 3.54. The molecule has 0 bridgehead atoms. The zero-order valence-corrected chi connectivity index (χ0v) is 22.7. The Labute approximate surface area is 236 Å². The second-order valence-corrected chi connectivity index (χ2v) is 12.0. The second kappa shape index (κ2) is 8.91. The maximum atomic E-state index is 14.1. The quantitative estimate of drug-likeness (QED) is 0.223. The summed E-state index contributed by atoms with van der Waals surface area (Å²) in [5.74, 6) is 0.538. The van der Waals surface area contributed by atoms with Crippen molar-refractivity contribution in [2.45, 2.75) is 9.92 Å². The minimum atomic E-state index is -3.92. The van der Waals surface area contributed by atoms with Gasteiger partial charge in [0.05, 0.1) is 32.6 Å². The van der Waals surface area contributed by atoms with Crippen LogP contribution >= 0.6 is 0 Å². The lowest BCUT2D eigenvalue weighted by molar-refractivity contribution is 0.592. The molecule has 8 rings (SSSR count). The van der Waals surface area contributed by atoms with Gasteiger partial charge >= 0.3 is 0 Å². The highest BCUT2D eigenvalue weighted by Crippen LogP contribution is 2.36. The van der Waals surface area contributed by atoms with Crippen molar-refractivity contribution in [3.63, 3.8) is 0 Å². The summed E-state index contributed by atoms with van der Waals surface area (Å²) >= 11 is 0. The maximum absolute atomic E-state index is 14.1. The van der Waals surface area contributed by atoms with Gasteiger partial charge in [0.1, 0.15) is 5.82 Å². The van der Waals surface area contributed by atoms with Gasteiger partial charge in [-0.1, -0.05) is 91.0 Å². The molecule has 8 aromatic rings. The molecule has 0 radical (unpaired) electrons. The molecule has 0 amide bonds. The van der Waals surface area contributed by atoms with E-state index in [-0.39, 0.29) is 9.92 Å². The van der Waals surface area contributed by atoms with Gasteiger partial charge in [-0.2, -0.15) is 0 Å². The maximum Gasteiger partial charge on any atom is 0.223 e. The SMILES string of the molecule is O=S(=O)(c1ccccc1)c1cc(-n2c3ccccc3c3ccccc32)cc(-n2c3ccccc3c3ccccc32)n1. The van der Waals surface area contributed by atoms with Crippen LogP contribution < -0.4 is 0 Å². The summed E-state index contributed by atoms with van der Waals surface area (Å²) in [6.07, 6.45) is 0. The van der Waals surface area contributed by atoms with Crippen LogP contribution in [0.3, 0.4) is 0 Å². The zero-order chi connectivity index (χ0) is 27.6. The normalized spacial score (nSPS) is 12.1. The summed E-state index contributed by atoms with van der Waals surface area (Å²) in [7, 11) is -3.92. The Balaban J connectivity index is 1.51. The molecule has 5 nitrogen and oxygen atoms in total. The minimum Gasteiger partial charge on any atom is -0.309 e. The fraction of sp³-hybridized carbons (Fsp3) is 0. The lowest BCUT2D eigenvalue weighted by Crippen LogP contribution is -2.10. The molecule has 0 atom stereocenters. The molecule has 0 saturated heterocycles. The van der Waals surface area contributed by atoms with Crippen LogP contribution in [-0.2, 0) is 9.84 Å². The first-order valence-corrected chi connectivity index (χ1v) is 14.9. The van der Waals surface area contributed by atoms with Crippen LogP contribution in [0.4, 0.5) is 0 Å². The molecule has 0 unspecified atom stereocenters. The van der Waals surface area contributed by atoms with E-state index in [0.29, 0.717) is 5.82 Å². The molecule has 5 aromatic carbocycles. The van der Waals surface area contributed by atoms with Crippen LogP contribution in [0, 0.1) is 0 Å². The third-order valence-corrected chi connectivity index (χ3v) is 9.40. The van der Waals surface area contributed by atoms with Gasteiger partial charge in [0.25, 0.3) is 0 Å². The Hall–Kier alpha value is -5.20. The van der Waals surface area contributed by atoms with Crippen molar-refractivity contribution in [1.29, 1.82) is 0 Å². The second-order valence-electron chi connectivity index (χ2n) is 10.1. The molecule has 41 heavy (non-hydrogen) atoms. The van der Waals surface area contributed by atoms with Crippen LogP contribution in [0.1, 0.15) is 0 Å². The van der Waals surface area contributed by atoms with E-state index in [0.717, 1.165) is 49.3 Å². The van der Waals surface area contributed by atoms with Crippen LogP contribution in [0.2, 0.25) is 0 Å². The van der Waals surface area contributed by atoms with E-state index in [1.165, 1.54) is 0 Å². The number of rotatable bonds is 4. The predicted molar refractivity (Wildman–Crippen MR) is 165 cm³/mol. The summed E-state index contributed by atoms with van der Waals surface area (Å²) in [6, 6.07) is 44.9. The van der Waals surface area contributed by atoms with E-state index in [1.54, 1.807) is 30.3 Å². The van der Waals surface area contributed by atoms with E-state index in [1.807, 2.05) is 60.7 Å². The third-order valence-electron chi connectivity index (χ3n) is 7.75. The molecular formula is C35H23N3O2S. The minimum absolute atomic E-state index is 0.0000699. The number of sulfone groups is 1. The number of fused-ring (bicyclic) bond motifs is 6. The van der Waals surface area contributed by atoms with Crippen molar-refractivity contribution >= 4 is 53.4 Å². The molecule has 0 aliphatic carbocycles. The van der Waals surface area contributed by atoms with Crippen molar-refractivity contribution in [3.8, 4) is 11.5 Å². The van der Waals surface area contributed by atoms with Gasteiger partial charge in [0, 0.05) is 33.7 Å². The van der Waals surface area contributed by atoms with E-state index >= 15 is 0 Å². The highest BCUT2D eigenvalue weighted by atomic mass is 32.2. The van der Waals surface area contributed by atoms with Gasteiger partial charge in [0.15, 0.2) is 5.03 Å². The highest BCUT2D eigenvalue weighted by molar-refractivity contribution is 7.91. The molecule has 0 N–H and O–H groups in total. The van der Waals surface area contributed by atoms with Crippen LogP contribution in [0.15, 0.2) is 149 Å². The molecule has 6 heteroatoms. The van der Waals surface area contributed by atoms with Crippen LogP contribution in [0.25, 0.3) is 55.1 Å². The molecule has 0 fully saturated rings. The van der Waals surface area contributed by atoms with E-state index < -0.39 is 9.84 Å². The topological polar surface area (TPSA) is 56.9 Å². The first kappa shape index (κ1) is 23.7. The van der Waals surface area contributed by atoms with Gasteiger partial charge in [-0.25, -0.2) is 13.4 Å². The smallest absolute Gasteiger partial charge is 0.223 e. The standard InChI is InChI=1S/C35H23N3O2S/c39-41(40,25-12-2-1-3-13-25)35-23-24(37-30-18-8-4-14-26(30)27-15-5-9-19-31(27)37)22-34(36-35)38-32-20-10-6-16-28(32)29-17-7-11-21-33(29)38/h1-23H. The Bertz CT molecular complexity index is 2150. The van der Waals surface area contributed by atoms with Crippen molar-refractivity contribution in [1.82, 2.24) is 14.1 Å². The number of para-hydroxylation sites is 4. The number of pyridine rings is 1. The summed E-state index contributed by atoms with van der Waals surface area (Å²) in [5, 5.41) is 4.37. The molecule has 3 aromatic heterocycles. The fourth-order valence-electron chi connectivity index (χ4n) is 5.95. The van der Waals surface area contributed by atoms with Crippen molar-refractivity contribution in [2.75, 3.05) is 0 Å². The molecule has 0 aliphatic rings. The molecule has 0 aliphatic heterocycles. The predicted octanol–water partition coefficient (Wildman–Crippen LogP) is 8.11.